The lowest BCUT2D eigenvalue weighted by molar-refractivity contribution is 0.466. The fourth-order valence-corrected chi connectivity index (χ4v) is 2.41. The molecule has 106 valence electrons. The van der Waals surface area contributed by atoms with Crippen molar-refractivity contribution in [1.82, 2.24) is 5.32 Å². The molecular formula is C16H23Cl2N. The first-order valence-corrected chi connectivity index (χ1v) is 7.71. The Balaban J connectivity index is 2.58. The van der Waals surface area contributed by atoms with Crippen molar-refractivity contribution in [2.24, 2.45) is 0 Å². The molecule has 19 heavy (non-hydrogen) atoms. The van der Waals surface area contributed by atoms with Gasteiger partial charge < -0.3 is 5.32 Å². The maximum Gasteiger partial charge on any atom is 0.0595 e. The molecule has 0 radical (unpaired) electrons. The SMILES string of the molecule is C=CCCCC(Cc1ccc(Cl)c(Cl)c1)NCCC. The third-order valence-electron chi connectivity index (χ3n) is 3.11. The van der Waals surface area contributed by atoms with Gasteiger partial charge in [0.15, 0.2) is 0 Å². The summed E-state index contributed by atoms with van der Waals surface area (Å²) in [5, 5.41) is 4.86. The highest BCUT2D eigenvalue weighted by Crippen LogP contribution is 2.23. The molecule has 3 heteroatoms. The zero-order valence-corrected chi connectivity index (χ0v) is 13.1. The Morgan fingerprint density at radius 2 is 2.11 bits per heavy atom. The van der Waals surface area contributed by atoms with Crippen LogP contribution in [-0.4, -0.2) is 12.6 Å². The fraction of sp³-hybridized carbons (Fsp3) is 0.500. The molecular weight excluding hydrogens is 277 g/mol. The third kappa shape index (κ3) is 6.47. The first kappa shape index (κ1) is 16.6. The Bertz CT molecular complexity index is 390. The van der Waals surface area contributed by atoms with Crippen LogP contribution in [0.1, 0.15) is 38.2 Å². The van der Waals surface area contributed by atoms with E-state index in [1.807, 2.05) is 18.2 Å². The molecule has 0 heterocycles. The molecule has 1 nitrogen and oxygen atoms in total. The summed E-state index contributed by atoms with van der Waals surface area (Å²) in [6.45, 7) is 7.02. The minimum Gasteiger partial charge on any atom is -0.314 e. The Morgan fingerprint density at radius 1 is 1.32 bits per heavy atom. The second kappa shape index (κ2) is 9.41. The van der Waals surface area contributed by atoms with Gasteiger partial charge in [-0.05, 0) is 56.3 Å². The normalized spacial score (nSPS) is 12.4. The Hall–Kier alpha value is -0.500. The van der Waals surface area contributed by atoms with Gasteiger partial charge in [0.25, 0.3) is 0 Å². The number of benzene rings is 1. The zero-order valence-electron chi connectivity index (χ0n) is 11.6. The minimum atomic E-state index is 0.497. The second-order valence-electron chi connectivity index (χ2n) is 4.82. The topological polar surface area (TPSA) is 12.0 Å². The Labute approximate surface area is 127 Å². The average molecular weight is 300 g/mol. The summed E-state index contributed by atoms with van der Waals surface area (Å²) in [6, 6.07) is 6.40. The highest BCUT2D eigenvalue weighted by molar-refractivity contribution is 6.42. The number of halogens is 2. The summed E-state index contributed by atoms with van der Waals surface area (Å²) in [5.41, 5.74) is 1.24. The van der Waals surface area contributed by atoms with Crippen LogP contribution >= 0.6 is 23.2 Å². The zero-order chi connectivity index (χ0) is 14.1. The molecule has 0 saturated heterocycles. The van der Waals surface area contributed by atoms with E-state index in [-0.39, 0.29) is 0 Å². The van der Waals surface area contributed by atoms with E-state index < -0.39 is 0 Å². The largest absolute Gasteiger partial charge is 0.314 e. The standard InChI is InChI=1S/C16H23Cl2N/c1-3-5-6-7-14(19-10-4-2)11-13-8-9-15(17)16(18)12-13/h3,8-9,12,14,19H,1,4-7,10-11H2,2H3. The highest BCUT2D eigenvalue weighted by Gasteiger charge is 2.09. The molecule has 0 aromatic heterocycles. The molecule has 0 amide bonds. The van der Waals surface area contributed by atoms with Gasteiger partial charge in [-0.25, -0.2) is 0 Å². The van der Waals surface area contributed by atoms with Crippen molar-refractivity contribution >= 4 is 23.2 Å². The van der Waals surface area contributed by atoms with Crippen molar-refractivity contribution in [3.8, 4) is 0 Å². The van der Waals surface area contributed by atoms with Crippen LogP contribution in [0.2, 0.25) is 10.0 Å². The van der Waals surface area contributed by atoms with Crippen molar-refractivity contribution in [2.75, 3.05) is 6.54 Å². The third-order valence-corrected chi connectivity index (χ3v) is 3.85. The van der Waals surface area contributed by atoms with Gasteiger partial charge >= 0.3 is 0 Å². The number of hydrogen-bond acceptors (Lipinski definition) is 1. The molecule has 0 spiro atoms. The van der Waals surface area contributed by atoms with E-state index in [4.69, 9.17) is 23.2 Å². The summed E-state index contributed by atoms with van der Waals surface area (Å²) >= 11 is 12.0. The summed E-state index contributed by atoms with van der Waals surface area (Å²) in [7, 11) is 0. The van der Waals surface area contributed by atoms with Crippen molar-refractivity contribution in [1.29, 1.82) is 0 Å². The maximum absolute atomic E-state index is 6.06. The van der Waals surface area contributed by atoms with Crippen LogP contribution in [0.25, 0.3) is 0 Å². The predicted octanol–water partition coefficient (Wildman–Crippen LogP) is 5.26. The van der Waals surface area contributed by atoms with E-state index in [9.17, 15) is 0 Å². The maximum atomic E-state index is 6.06. The average Bonchev–Trinajstić information content (AvgIpc) is 2.40. The van der Waals surface area contributed by atoms with Crippen LogP contribution in [0.4, 0.5) is 0 Å². The van der Waals surface area contributed by atoms with Crippen molar-refractivity contribution in [3.05, 3.63) is 46.5 Å². The molecule has 1 rings (SSSR count). The van der Waals surface area contributed by atoms with Crippen LogP contribution in [0, 0.1) is 0 Å². The molecule has 1 unspecified atom stereocenters. The van der Waals surface area contributed by atoms with Gasteiger partial charge in [0.1, 0.15) is 0 Å². The van der Waals surface area contributed by atoms with E-state index >= 15 is 0 Å². The van der Waals surface area contributed by atoms with E-state index in [0.717, 1.165) is 32.2 Å². The first-order chi connectivity index (χ1) is 9.17. The van der Waals surface area contributed by atoms with Crippen LogP contribution < -0.4 is 5.32 Å². The molecule has 0 bridgehead atoms. The summed E-state index contributed by atoms with van der Waals surface area (Å²) in [6.07, 6.45) is 7.54. The van der Waals surface area contributed by atoms with Gasteiger partial charge in [0.05, 0.1) is 10.0 Å². The lowest BCUT2D eigenvalue weighted by Crippen LogP contribution is -2.31. The minimum absolute atomic E-state index is 0.497. The molecule has 1 aromatic carbocycles. The van der Waals surface area contributed by atoms with E-state index in [1.165, 1.54) is 12.0 Å². The van der Waals surface area contributed by atoms with Gasteiger partial charge in [-0.3, -0.25) is 0 Å². The van der Waals surface area contributed by atoms with Crippen molar-refractivity contribution in [2.45, 2.75) is 45.1 Å². The predicted molar refractivity (Wildman–Crippen MR) is 86.3 cm³/mol. The summed E-state index contributed by atoms with van der Waals surface area (Å²) in [4.78, 5) is 0. The molecule has 0 aliphatic carbocycles. The number of allylic oxidation sites excluding steroid dienone is 1. The van der Waals surface area contributed by atoms with Crippen LogP contribution in [-0.2, 0) is 6.42 Å². The molecule has 0 aliphatic rings. The molecule has 1 N–H and O–H groups in total. The summed E-state index contributed by atoms with van der Waals surface area (Å²) < 4.78 is 0. The van der Waals surface area contributed by atoms with Gasteiger partial charge in [0, 0.05) is 6.04 Å². The summed E-state index contributed by atoms with van der Waals surface area (Å²) in [5.74, 6) is 0. The number of nitrogens with one attached hydrogen (secondary N) is 1. The van der Waals surface area contributed by atoms with E-state index in [0.29, 0.717) is 16.1 Å². The van der Waals surface area contributed by atoms with Gasteiger partial charge in [0.2, 0.25) is 0 Å². The highest BCUT2D eigenvalue weighted by atomic mass is 35.5. The first-order valence-electron chi connectivity index (χ1n) is 6.95. The smallest absolute Gasteiger partial charge is 0.0595 e. The molecule has 1 atom stereocenters. The lowest BCUT2D eigenvalue weighted by atomic mass is 10.0. The van der Waals surface area contributed by atoms with Crippen LogP contribution in [0.3, 0.4) is 0 Å². The quantitative estimate of drug-likeness (QED) is 0.484. The number of unbranched alkanes of at least 4 members (excludes halogenated alkanes) is 1. The van der Waals surface area contributed by atoms with Gasteiger partial charge in [-0.1, -0.05) is 42.3 Å². The lowest BCUT2D eigenvalue weighted by Gasteiger charge is -2.18. The molecule has 0 saturated carbocycles. The molecule has 0 fully saturated rings. The van der Waals surface area contributed by atoms with E-state index in [2.05, 4.69) is 24.9 Å². The molecule has 1 aromatic rings. The van der Waals surface area contributed by atoms with Crippen LogP contribution in [0.15, 0.2) is 30.9 Å². The van der Waals surface area contributed by atoms with Crippen LogP contribution in [0.5, 0.6) is 0 Å². The second-order valence-corrected chi connectivity index (χ2v) is 5.64. The Kier molecular flexibility index (Phi) is 8.20. The monoisotopic (exact) mass is 299 g/mol. The number of rotatable bonds is 9. The molecule has 0 aliphatic heterocycles. The van der Waals surface area contributed by atoms with Crippen molar-refractivity contribution < 1.29 is 0 Å². The Morgan fingerprint density at radius 3 is 2.74 bits per heavy atom. The number of hydrogen-bond donors (Lipinski definition) is 1. The van der Waals surface area contributed by atoms with Gasteiger partial charge in [-0.15, -0.1) is 6.58 Å². The van der Waals surface area contributed by atoms with E-state index in [1.54, 1.807) is 0 Å². The van der Waals surface area contributed by atoms with Gasteiger partial charge in [-0.2, -0.15) is 0 Å². The fourth-order valence-electron chi connectivity index (χ4n) is 2.08. The van der Waals surface area contributed by atoms with Crippen molar-refractivity contribution in [3.63, 3.8) is 0 Å².